The second kappa shape index (κ2) is 4.47. The highest BCUT2D eigenvalue weighted by molar-refractivity contribution is 5.96. The van der Waals surface area contributed by atoms with Crippen LogP contribution in [0.15, 0.2) is 24.3 Å². The van der Waals surface area contributed by atoms with Gasteiger partial charge in [-0.3, -0.25) is 4.79 Å². The average Bonchev–Trinajstić information content (AvgIpc) is 2.34. The number of nitrogens with zero attached hydrogens (tertiary/aromatic N) is 1. The van der Waals surface area contributed by atoms with Crippen molar-refractivity contribution in [1.82, 2.24) is 4.98 Å². The topological polar surface area (TPSA) is 51.2 Å². The Labute approximate surface area is 118 Å². The predicted molar refractivity (Wildman–Crippen MR) is 79.0 cm³/mol. The van der Waals surface area contributed by atoms with Gasteiger partial charge in [0.15, 0.2) is 18.2 Å². The summed E-state index contributed by atoms with van der Waals surface area (Å²) in [6.45, 7) is 6.73. The summed E-state index contributed by atoms with van der Waals surface area (Å²) >= 11 is 0. The highest BCUT2D eigenvalue weighted by Crippen LogP contribution is 2.31. The van der Waals surface area contributed by atoms with Crippen molar-refractivity contribution < 1.29 is 9.53 Å². The predicted octanol–water partition coefficient (Wildman–Crippen LogP) is 3.15. The first-order chi connectivity index (χ1) is 9.40. The van der Waals surface area contributed by atoms with E-state index < -0.39 is 0 Å². The minimum absolute atomic E-state index is 0.0574. The van der Waals surface area contributed by atoms with Gasteiger partial charge in [-0.1, -0.05) is 26.8 Å². The molecule has 20 heavy (non-hydrogen) atoms. The Kier molecular flexibility index (Phi) is 2.89. The van der Waals surface area contributed by atoms with E-state index in [1.54, 1.807) is 0 Å². The minimum Gasteiger partial charge on any atom is -0.480 e. The van der Waals surface area contributed by atoms with Crippen LogP contribution in [0.4, 0.5) is 5.82 Å². The Hall–Kier alpha value is -2.10. The van der Waals surface area contributed by atoms with Crippen LogP contribution in [0, 0.1) is 5.41 Å². The molecule has 2 aromatic rings. The van der Waals surface area contributed by atoms with Crippen molar-refractivity contribution in [2.75, 3.05) is 11.9 Å². The first-order valence-corrected chi connectivity index (χ1v) is 6.77. The smallest absolute Gasteiger partial charge is 0.263 e. The third-order valence-corrected chi connectivity index (χ3v) is 3.20. The van der Waals surface area contributed by atoms with Crippen molar-refractivity contribution in [3.63, 3.8) is 0 Å². The Bertz CT molecular complexity index is 687. The van der Waals surface area contributed by atoms with Gasteiger partial charge in [-0.15, -0.1) is 0 Å². The van der Waals surface area contributed by atoms with Crippen molar-refractivity contribution in [3.8, 4) is 5.75 Å². The molecule has 1 aliphatic rings. The molecule has 0 spiro atoms. The van der Waals surface area contributed by atoms with Crippen molar-refractivity contribution in [3.05, 3.63) is 29.8 Å². The third kappa shape index (κ3) is 2.59. The van der Waals surface area contributed by atoms with Crippen LogP contribution in [-0.4, -0.2) is 17.5 Å². The van der Waals surface area contributed by atoms with Crippen molar-refractivity contribution in [1.29, 1.82) is 0 Å². The van der Waals surface area contributed by atoms with Crippen LogP contribution in [0.3, 0.4) is 0 Å². The van der Waals surface area contributed by atoms with Crippen molar-refractivity contribution >= 4 is 22.6 Å². The maximum absolute atomic E-state index is 11.3. The van der Waals surface area contributed by atoms with Gasteiger partial charge in [0.1, 0.15) is 0 Å². The van der Waals surface area contributed by atoms with Gasteiger partial charge < -0.3 is 10.1 Å². The number of carbonyl (C=O) groups excluding carboxylic acids is 1. The van der Waals surface area contributed by atoms with Gasteiger partial charge in [-0.2, -0.15) is 0 Å². The number of fused-ring (bicyclic) bond motifs is 2. The molecule has 104 valence electrons. The second-order valence-electron chi connectivity index (χ2n) is 6.44. The van der Waals surface area contributed by atoms with E-state index in [9.17, 15) is 4.79 Å². The van der Waals surface area contributed by atoms with Crippen LogP contribution in [0.2, 0.25) is 0 Å². The quantitative estimate of drug-likeness (QED) is 0.866. The van der Waals surface area contributed by atoms with Crippen LogP contribution in [0.5, 0.6) is 5.75 Å². The molecule has 4 heteroatoms. The number of ether oxygens (including phenoxy) is 1. The van der Waals surface area contributed by atoms with Crippen molar-refractivity contribution in [2.24, 2.45) is 5.41 Å². The van der Waals surface area contributed by atoms with Gasteiger partial charge in [-0.25, -0.2) is 4.98 Å². The van der Waals surface area contributed by atoms with Crippen LogP contribution >= 0.6 is 0 Å². The molecule has 4 nitrogen and oxygen atoms in total. The van der Waals surface area contributed by atoms with Gasteiger partial charge >= 0.3 is 0 Å². The average molecular weight is 270 g/mol. The van der Waals surface area contributed by atoms with Crippen LogP contribution in [-0.2, 0) is 11.2 Å². The molecule has 1 aliphatic heterocycles. The number of carbonyl (C=O) groups is 1. The van der Waals surface area contributed by atoms with Gasteiger partial charge in [0.25, 0.3) is 5.91 Å². The van der Waals surface area contributed by atoms with Gasteiger partial charge in [0, 0.05) is 5.39 Å². The maximum Gasteiger partial charge on any atom is 0.263 e. The van der Waals surface area contributed by atoms with Crippen LogP contribution < -0.4 is 10.1 Å². The van der Waals surface area contributed by atoms with E-state index in [4.69, 9.17) is 4.74 Å². The molecular formula is C16H18N2O2. The molecule has 0 saturated heterocycles. The minimum atomic E-state index is -0.159. The van der Waals surface area contributed by atoms with E-state index in [0.29, 0.717) is 11.6 Å². The van der Waals surface area contributed by atoms with E-state index in [0.717, 1.165) is 17.3 Å². The number of nitrogens with one attached hydrogen (secondary N) is 1. The first-order valence-electron chi connectivity index (χ1n) is 6.77. The number of rotatable bonds is 1. The highest BCUT2D eigenvalue weighted by atomic mass is 16.5. The Morgan fingerprint density at radius 1 is 1.30 bits per heavy atom. The largest absolute Gasteiger partial charge is 0.480 e. The number of pyridine rings is 1. The van der Waals surface area contributed by atoms with Gasteiger partial charge in [0.2, 0.25) is 0 Å². The molecule has 0 atom stereocenters. The maximum atomic E-state index is 11.3. The standard InChI is InChI=1S/C16H18N2O2/c1-16(2,3)8-10-4-5-12-11(6-10)7-13-15(17-12)18-14(19)9-20-13/h4-7H,8-9H2,1-3H3,(H,17,18,19). The van der Waals surface area contributed by atoms with E-state index in [1.807, 2.05) is 12.1 Å². The summed E-state index contributed by atoms with van der Waals surface area (Å²) in [5.74, 6) is 0.996. The molecule has 0 fully saturated rings. The van der Waals surface area contributed by atoms with E-state index in [-0.39, 0.29) is 17.9 Å². The molecule has 0 bridgehead atoms. The summed E-state index contributed by atoms with van der Waals surface area (Å²) in [5.41, 5.74) is 2.40. The SMILES string of the molecule is CC(C)(C)Cc1ccc2nc3c(cc2c1)OCC(=O)N3. The molecule has 3 rings (SSSR count). The van der Waals surface area contributed by atoms with E-state index in [2.05, 4.69) is 43.2 Å². The lowest BCUT2D eigenvalue weighted by atomic mass is 9.88. The summed E-state index contributed by atoms with van der Waals surface area (Å²) in [5, 5.41) is 3.77. The number of benzene rings is 1. The number of hydrogen-bond acceptors (Lipinski definition) is 3. The molecular weight excluding hydrogens is 252 g/mol. The Morgan fingerprint density at radius 3 is 2.85 bits per heavy atom. The Balaban J connectivity index is 2.03. The fourth-order valence-electron chi connectivity index (χ4n) is 2.44. The number of aromatic nitrogens is 1. The van der Waals surface area contributed by atoms with Crippen LogP contribution in [0.1, 0.15) is 26.3 Å². The zero-order valence-corrected chi connectivity index (χ0v) is 12.0. The molecule has 0 unspecified atom stereocenters. The fourth-order valence-corrected chi connectivity index (χ4v) is 2.44. The highest BCUT2D eigenvalue weighted by Gasteiger charge is 2.18. The van der Waals surface area contributed by atoms with E-state index >= 15 is 0 Å². The summed E-state index contributed by atoms with van der Waals surface area (Å²) in [6.07, 6.45) is 1.01. The number of amides is 1. The molecule has 1 amide bonds. The molecule has 1 aromatic carbocycles. The molecule has 0 radical (unpaired) electrons. The summed E-state index contributed by atoms with van der Waals surface area (Å²) in [7, 11) is 0. The molecule has 0 saturated carbocycles. The molecule has 1 N–H and O–H groups in total. The first kappa shape index (κ1) is 12.9. The fraction of sp³-hybridized carbons (Fsp3) is 0.375. The van der Waals surface area contributed by atoms with Gasteiger partial charge in [0.05, 0.1) is 5.52 Å². The summed E-state index contributed by atoms with van der Waals surface area (Å²) in [6, 6.07) is 8.19. The van der Waals surface area contributed by atoms with Crippen molar-refractivity contribution in [2.45, 2.75) is 27.2 Å². The molecule has 0 aliphatic carbocycles. The third-order valence-electron chi connectivity index (χ3n) is 3.20. The van der Waals surface area contributed by atoms with Crippen LogP contribution in [0.25, 0.3) is 10.9 Å². The summed E-state index contributed by atoms with van der Waals surface area (Å²) < 4.78 is 5.41. The molecule has 2 heterocycles. The lowest BCUT2D eigenvalue weighted by Gasteiger charge is -2.19. The lowest BCUT2D eigenvalue weighted by molar-refractivity contribution is -0.118. The number of hydrogen-bond donors (Lipinski definition) is 1. The normalized spacial score (nSPS) is 14.7. The zero-order valence-electron chi connectivity index (χ0n) is 12.0. The lowest BCUT2D eigenvalue weighted by Crippen LogP contribution is -2.26. The monoisotopic (exact) mass is 270 g/mol. The van der Waals surface area contributed by atoms with E-state index in [1.165, 1.54) is 5.56 Å². The number of anilines is 1. The molecule has 1 aromatic heterocycles. The zero-order chi connectivity index (χ0) is 14.3. The second-order valence-corrected chi connectivity index (χ2v) is 6.44. The Morgan fingerprint density at radius 2 is 2.10 bits per heavy atom. The van der Waals surface area contributed by atoms with Gasteiger partial charge in [-0.05, 0) is 35.6 Å². The summed E-state index contributed by atoms with van der Waals surface area (Å²) in [4.78, 5) is 15.7.